The number of nitrogens with zero attached hydrogens (tertiary/aromatic N) is 3. The molecule has 0 aliphatic heterocycles. The van der Waals surface area contributed by atoms with E-state index in [1.807, 2.05) is 32.9 Å². The third-order valence-electron chi connectivity index (χ3n) is 1.86. The Balaban J connectivity index is 0.000000461. The lowest BCUT2D eigenvalue weighted by Gasteiger charge is -1.98. The Kier molecular flexibility index (Phi) is 3.59. The molecule has 0 atom stereocenters. The second-order valence-corrected chi connectivity index (χ2v) is 2.57. The minimum absolute atomic E-state index is 0.0476. The number of rotatable bonds is 1. The van der Waals surface area contributed by atoms with Gasteiger partial charge in [-0.3, -0.25) is 0 Å². The fourth-order valence-corrected chi connectivity index (χ4v) is 1.25. The fraction of sp³-hybridized carbons (Fsp3) is 0.400. The van der Waals surface area contributed by atoms with Gasteiger partial charge in [-0.15, -0.1) is 0 Å². The number of imidazole rings is 1. The first-order chi connectivity index (χ1) is 6.83. The Hall–Kier alpha value is -1.42. The summed E-state index contributed by atoms with van der Waals surface area (Å²) in [5.74, 6) is 0.784. The highest BCUT2D eigenvalue weighted by Crippen LogP contribution is 2.11. The van der Waals surface area contributed by atoms with Crippen LogP contribution in [-0.4, -0.2) is 19.6 Å². The minimum atomic E-state index is -0.0476. The largest absolute Gasteiger partial charge is 0.376 e. The van der Waals surface area contributed by atoms with Gasteiger partial charge in [0.25, 0.3) is 0 Å². The molecular formula is C10H15N3O. The molecule has 0 aliphatic rings. The van der Waals surface area contributed by atoms with Crippen LogP contribution < -0.4 is 0 Å². The Labute approximate surface area is 83.2 Å². The topological polar surface area (TPSA) is 50.9 Å². The molecule has 0 bridgehead atoms. The maximum Gasteiger partial charge on any atom is 0.177 e. The molecule has 2 aromatic rings. The van der Waals surface area contributed by atoms with Gasteiger partial charge >= 0.3 is 0 Å². The highest BCUT2D eigenvalue weighted by Gasteiger charge is 2.04. The number of aromatic nitrogens is 3. The highest BCUT2D eigenvalue weighted by molar-refractivity contribution is 5.71. The van der Waals surface area contributed by atoms with Crippen LogP contribution in [0.15, 0.2) is 18.3 Å². The van der Waals surface area contributed by atoms with Gasteiger partial charge in [0.15, 0.2) is 5.65 Å². The summed E-state index contributed by atoms with van der Waals surface area (Å²) in [6, 6.07) is 3.72. The number of aryl methyl sites for hydroxylation is 1. The second-order valence-electron chi connectivity index (χ2n) is 2.57. The molecule has 1 N–H and O–H groups in total. The van der Waals surface area contributed by atoms with Crippen LogP contribution in [-0.2, 0) is 6.73 Å². The molecule has 2 rings (SSSR count). The molecule has 0 saturated heterocycles. The maximum absolute atomic E-state index is 9.00. The molecule has 4 heteroatoms. The molecule has 4 nitrogen and oxygen atoms in total. The van der Waals surface area contributed by atoms with Crippen LogP contribution in [0.2, 0.25) is 0 Å². The molecule has 0 saturated carbocycles. The molecule has 0 unspecified atom stereocenters. The van der Waals surface area contributed by atoms with Crippen LogP contribution >= 0.6 is 0 Å². The monoisotopic (exact) mass is 193 g/mol. The summed E-state index contributed by atoms with van der Waals surface area (Å²) in [6.45, 7) is 5.80. The van der Waals surface area contributed by atoms with Crippen LogP contribution in [0.5, 0.6) is 0 Å². The Bertz CT molecular complexity index is 409. The van der Waals surface area contributed by atoms with E-state index in [0.717, 1.165) is 11.3 Å². The van der Waals surface area contributed by atoms with Gasteiger partial charge in [0, 0.05) is 6.20 Å². The first-order valence-electron chi connectivity index (χ1n) is 4.71. The van der Waals surface area contributed by atoms with Crippen molar-refractivity contribution in [2.75, 3.05) is 0 Å². The standard InChI is InChI=1S/C8H9N3O.C2H6/c1-6-10-8-7(11(6)5-12)3-2-4-9-8;1-2/h2-4,12H,5H2,1H3;1-2H3. The lowest BCUT2D eigenvalue weighted by atomic mass is 10.4. The smallest absolute Gasteiger partial charge is 0.177 e. The molecule has 76 valence electrons. The van der Waals surface area contributed by atoms with Gasteiger partial charge in [-0.05, 0) is 19.1 Å². The van der Waals surface area contributed by atoms with Crippen molar-refractivity contribution in [3.63, 3.8) is 0 Å². The van der Waals surface area contributed by atoms with E-state index >= 15 is 0 Å². The predicted octanol–water partition coefficient (Wildman–Crippen LogP) is 1.72. The summed E-state index contributed by atoms with van der Waals surface area (Å²) in [7, 11) is 0. The SMILES string of the molecule is CC.Cc1nc2ncccc2n1CO. The van der Waals surface area contributed by atoms with Crippen molar-refractivity contribution in [1.29, 1.82) is 0 Å². The molecule has 14 heavy (non-hydrogen) atoms. The molecule has 0 radical (unpaired) electrons. The van der Waals surface area contributed by atoms with Crippen molar-refractivity contribution in [2.45, 2.75) is 27.5 Å². The van der Waals surface area contributed by atoms with Crippen LogP contribution in [0.4, 0.5) is 0 Å². The Morgan fingerprint density at radius 2 is 2.14 bits per heavy atom. The number of aliphatic hydroxyl groups excluding tert-OH is 1. The van der Waals surface area contributed by atoms with E-state index in [1.165, 1.54) is 0 Å². The van der Waals surface area contributed by atoms with Crippen molar-refractivity contribution in [3.05, 3.63) is 24.2 Å². The number of fused-ring (bicyclic) bond motifs is 1. The van der Waals surface area contributed by atoms with Gasteiger partial charge < -0.3 is 9.67 Å². The van der Waals surface area contributed by atoms with Gasteiger partial charge in [0.1, 0.15) is 12.6 Å². The number of pyridine rings is 1. The van der Waals surface area contributed by atoms with Gasteiger partial charge in [0.2, 0.25) is 0 Å². The zero-order valence-electron chi connectivity index (χ0n) is 8.73. The van der Waals surface area contributed by atoms with Crippen molar-refractivity contribution >= 4 is 11.2 Å². The number of hydrogen-bond donors (Lipinski definition) is 1. The summed E-state index contributed by atoms with van der Waals surface area (Å²) >= 11 is 0. The zero-order valence-corrected chi connectivity index (χ0v) is 8.73. The first-order valence-corrected chi connectivity index (χ1v) is 4.71. The van der Waals surface area contributed by atoms with Crippen LogP contribution in [0.25, 0.3) is 11.2 Å². The Morgan fingerprint density at radius 1 is 1.43 bits per heavy atom. The second kappa shape index (κ2) is 4.72. The lowest BCUT2D eigenvalue weighted by molar-refractivity contribution is 0.212. The molecule has 2 aromatic heterocycles. The average Bonchev–Trinajstić information content (AvgIpc) is 2.56. The third-order valence-corrected chi connectivity index (χ3v) is 1.86. The molecule has 2 heterocycles. The van der Waals surface area contributed by atoms with E-state index in [4.69, 9.17) is 5.11 Å². The molecular weight excluding hydrogens is 178 g/mol. The van der Waals surface area contributed by atoms with Crippen LogP contribution in [0, 0.1) is 6.92 Å². The molecule has 0 aromatic carbocycles. The Morgan fingerprint density at radius 3 is 2.79 bits per heavy atom. The van der Waals surface area contributed by atoms with Gasteiger partial charge in [0.05, 0.1) is 5.52 Å². The van der Waals surface area contributed by atoms with Gasteiger partial charge in [-0.1, -0.05) is 13.8 Å². The summed E-state index contributed by atoms with van der Waals surface area (Å²) in [4.78, 5) is 8.24. The van der Waals surface area contributed by atoms with E-state index < -0.39 is 0 Å². The predicted molar refractivity (Wildman–Crippen MR) is 55.8 cm³/mol. The van der Waals surface area contributed by atoms with E-state index in [0.29, 0.717) is 5.65 Å². The molecule has 0 spiro atoms. The van der Waals surface area contributed by atoms with Crippen LogP contribution in [0.1, 0.15) is 19.7 Å². The maximum atomic E-state index is 9.00. The van der Waals surface area contributed by atoms with Crippen molar-refractivity contribution < 1.29 is 5.11 Å². The molecule has 0 fully saturated rings. The summed E-state index contributed by atoms with van der Waals surface area (Å²) in [6.07, 6.45) is 1.69. The first kappa shape index (κ1) is 10.7. The average molecular weight is 193 g/mol. The number of hydrogen-bond acceptors (Lipinski definition) is 3. The van der Waals surface area contributed by atoms with E-state index in [-0.39, 0.29) is 6.73 Å². The van der Waals surface area contributed by atoms with Crippen LogP contribution in [0.3, 0.4) is 0 Å². The van der Waals surface area contributed by atoms with Gasteiger partial charge in [-0.25, -0.2) is 9.97 Å². The molecule has 0 aliphatic carbocycles. The van der Waals surface area contributed by atoms with Gasteiger partial charge in [-0.2, -0.15) is 0 Å². The highest BCUT2D eigenvalue weighted by atomic mass is 16.3. The fourth-order valence-electron chi connectivity index (χ4n) is 1.25. The minimum Gasteiger partial charge on any atom is -0.376 e. The third kappa shape index (κ3) is 1.75. The lowest BCUT2D eigenvalue weighted by Crippen LogP contribution is -1.98. The molecule has 0 amide bonds. The summed E-state index contributed by atoms with van der Waals surface area (Å²) in [5.41, 5.74) is 1.56. The van der Waals surface area contributed by atoms with Crippen molar-refractivity contribution in [2.24, 2.45) is 0 Å². The van der Waals surface area contributed by atoms with Crippen molar-refractivity contribution in [3.8, 4) is 0 Å². The van der Waals surface area contributed by atoms with E-state index in [1.54, 1.807) is 10.8 Å². The quantitative estimate of drug-likeness (QED) is 0.750. The zero-order chi connectivity index (χ0) is 10.6. The summed E-state index contributed by atoms with van der Waals surface area (Å²) in [5, 5.41) is 9.00. The van der Waals surface area contributed by atoms with Crippen molar-refractivity contribution in [1.82, 2.24) is 14.5 Å². The number of aliphatic hydroxyl groups is 1. The normalized spacial score (nSPS) is 9.71. The summed E-state index contributed by atoms with van der Waals surface area (Å²) < 4.78 is 1.71. The van der Waals surface area contributed by atoms with E-state index in [9.17, 15) is 0 Å². The van der Waals surface area contributed by atoms with E-state index in [2.05, 4.69) is 9.97 Å².